The smallest absolute Gasteiger partial charge is 0.123 e. The highest BCUT2D eigenvalue weighted by Gasteiger charge is 2.18. The molecule has 7 aliphatic rings. The van der Waals surface area contributed by atoms with Crippen molar-refractivity contribution in [1.82, 2.24) is 0 Å². The highest BCUT2D eigenvalue weighted by atomic mass is 19.1. The van der Waals surface area contributed by atoms with Crippen LogP contribution in [0.15, 0.2) is 194 Å². The zero-order valence-electron chi connectivity index (χ0n) is 28.1. The van der Waals surface area contributed by atoms with Gasteiger partial charge in [0.05, 0.1) is 0 Å². The molecule has 0 atom stereocenters. The van der Waals surface area contributed by atoms with Crippen LogP contribution in [0.2, 0.25) is 0 Å². The highest BCUT2D eigenvalue weighted by Crippen LogP contribution is 2.42. The second-order valence-electron chi connectivity index (χ2n) is 12.9. The molecule has 0 saturated heterocycles. The van der Waals surface area contributed by atoms with E-state index in [9.17, 15) is 8.78 Å². The lowest BCUT2D eigenvalue weighted by molar-refractivity contribution is 0.627. The van der Waals surface area contributed by atoms with Crippen LogP contribution in [-0.2, 0) is 0 Å². The van der Waals surface area contributed by atoms with E-state index in [2.05, 4.69) is 155 Å². The summed E-state index contributed by atoms with van der Waals surface area (Å²) in [7, 11) is 0. The van der Waals surface area contributed by atoms with Gasteiger partial charge in [0.1, 0.15) is 11.6 Å². The minimum atomic E-state index is -0.272. The number of hydrogen-bond donors (Lipinski definition) is 0. The molecular weight excluding hydrogens is 643 g/mol. The molecule has 248 valence electrons. The lowest BCUT2D eigenvalue weighted by Crippen LogP contribution is -2.10. The van der Waals surface area contributed by atoms with E-state index in [-0.39, 0.29) is 11.6 Å². The van der Waals surface area contributed by atoms with E-state index in [1.54, 1.807) is 0 Å². The van der Waals surface area contributed by atoms with E-state index in [0.717, 1.165) is 78.6 Å². The number of benzene rings is 8. The molecular formula is C48H32F2N2. The first-order valence-corrected chi connectivity index (χ1v) is 17.3. The Hall–Kier alpha value is -6.78. The predicted molar refractivity (Wildman–Crippen MR) is 211 cm³/mol. The zero-order chi connectivity index (χ0) is 35.0. The van der Waals surface area contributed by atoms with Gasteiger partial charge in [-0.15, -0.1) is 0 Å². The van der Waals surface area contributed by atoms with Crippen LogP contribution in [0.1, 0.15) is 0 Å². The number of anilines is 6. The quantitative estimate of drug-likeness (QED) is 0.180. The average molecular weight is 675 g/mol. The fourth-order valence-corrected chi connectivity index (χ4v) is 7.21. The van der Waals surface area contributed by atoms with E-state index in [4.69, 9.17) is 0 Å². The van der Waals surface area contributed by atoms with Crippen molar-refractivity contribution in [3.63, 3.8) is 0 Å². The molecule has 0 amide bonds. The molecule has 8 aromatic rings. The molecule has 7 heterocycles. The minimum absolute atomic E-state index is 0.272. The van der Waals surface area contributed by atoms with Gasteiger partial charge in [-0.2, -0.15) is 0 Å². The van der Waals surface area contributed by atoms with Crippen molar-refractivity contribution in [2.24, 2.45) is 0 Å². The van der Waals surface area contributed by atoms with Gasteiger partial charge in [0, 0.05) is 34.1 Å². The van der Waals surface area contributed by atoms with Gasteiger partial charge >= 0.3 is 0 Å². The summed E-state index contributed by atoms with van der Waals surface area (Å²) in [6.07, 6.45) is 0. The molecule has 0 aliphatic carbocycles. The normalized spacial score (nSPS) is 12.0. The largest absolute Gasteiger partial charge is 0.311 e. The molecule has 0 radical (unpaired) electrons. The van der Waals surface area contributed by atoms with Crippen LogP contribution in [0.4, 0.5) is 42.9 Å². The number of hydrogen-bond acceptors (Lipinski definition) is 2. The Morgan fingerprint density at radius 1 is 0.231 bits per heavy atom. The SMILES string of the molecule is Fc1ccc(N2c3ccc(cc3)-c3ccccc3-c3ccc(cc3)N(c3ccc(F)cc3)c3ccc(cc3)-c3ccccc3-c3ccc2cc3)cc1. The van der Waals surface area contributed by atoms with E-state index >= 15 is 0 Å². The molecule has 4 heteroatoms. The molecule has 8 bridgehead atoms. The van der Waals surface area contributed by atoms with Gasteiger partial charge in [-0.05, 0) is 142 Å². The van der Waals surface area contributed by atoms with Gasteiger partial charge < -0.3 is 9.80 Å². The Bertz CT molecular complexity index is 2180. The number of rotatable bonds is 2. The number of halogens is 2. The van der Waals surface area contributed by atoms with Crippen molar-refractivity contribution in [1.29, 1.82) is 0 Å². The first-order chi connectivity index (χ1) is 25.6. The summed E-state index contributed by atoms with van der Waals surface area (Å²) in [6.45, 7) is 0. The first-order valence-electron chi connectivity index (χ1n) is 17.3. The fraction of sp³-hybridized carbons (Fsp3) is 0. The molecule has 0 aromatic heterocycles. The summed E-state index contributed by atoms with van der Waals surface area (Å²) in [4.78, 5) is 4.31. The van der Waals surface area contributed by atoms with Crippen LogP contribution in [0.25, 0.3) is 44.5 Å². The van der Waals surface area contributed by atoms with E-state index in [1.165, 1.54) is 24.3 Å². The molecule has 7 aliphatic heterocycles. The summed E-state index contributed by atoms with van der Waals surface area (Å²) in [5.74, 6) is -0.544. The average Bonchev–Trinajstić information content (AvgIpc) is 3.20. The molecule has 0 unspecified atom stereocenters. The molecule has 0 fully saturated rings. The third kappa shape index (κ3) is 5.80. The van der Waals surface area contributed by atoms with Gasteiger partial charge in [0.2, 0.25) is 0 Å². The molecule has 0 N–H and O–H groups in total. The van der Waals surface area contributed by atoms with Gasteiger partial charge in [-0.1, -0.05) is 97.1 Å². The maximum Gasteiger partial charge on any atom is 0.123 e. The Balaban J connectivity index is 1.24. The van der Waals surface area contributed by atoms with E-state index < -0.39 is 0 Å². The summed E-state index contributed by atoms with van der Waals surface area (Å²) >= 11 is 0. The Kier molecular flexibility index (Phi) is 7.90. The van der Waals surface area contributed by atoms with Gasteiger partial charge in [-0.25, -0.2) is 8.78 Å². The van der Waals surface area contributed by atoms with Crippen LogP contribution in [-0.4, -0.2) is 0 Å². The lowest BCUT2D eigenvalue weighted by Gasteiger charge is -2.27. The summed E-state index contributed by atoms with van der Waals surface area (Å²) in [6, 6.07) is 64.3. The number of nitrogens with zero attached hydrogens (tertiary/aromatic N) is 2. The summed E-state index contributed by atoms with van der Waals surface area (Å²) in [5, 5.41) is 0. The minimum Gasteiger partial charge on any atom is -0.311 e. The third-order valence-electron chi connectivity index (χ3n) is 9.77. The van der Waals surface area contributed by atoms with Gasteiger partial charge in [0.15, 0.2) is 0 Å². The Morgan fingerprint density at radius 3 is 0.635 bits per heavy atom. The van der Waals surface area contributed by atoms with Crippen molar-refractivity contribution in [2.75, 3.05) is 9.80 Å². The first kappa shape index (κ1) is 31.2. The molecule has 52 heavy (non-hydrogen) atoms. The Labute approximate surface area is 302 Å². The van der Waals surface area contributed by atoms with Crippen LogP contribution in [0.3, 0.4) is 0 Å². The van der Waals surface area contributed by atoms with Gasteiger partial charge in [0.25, 0.3) is 0 Å². The summed E-state index contributed by atoms with van der Waals surface area (Å²) < 4.78 is 28.2. The van der Waals surface area contributed by atoms with Crippen LogP contribution < -0.4 is 9.80 Å². The van der Waals surface area contributed by atoms with Crippen molar-refractivity contribution < 1.29 is 8.78 Å². The topological polar surface area (TPSA) is 6.48 Å². The lowest BCUT2D eigenvalue weighted by atomic mass is 9.93. The van der Waals surface area contributed by atoms with Crippen molar-refractivity contribution in [3.05, 3.63) is 206 Å². The molecule has 8 aromatic carbocycles. The van der Waals surface area contributed by atoms with E-state index in [1.807, 2.05) is 24.3 Å². The second kappa shape index (κ2) is 13.2. The molecule has 0 spiro atoms. The molecule has 0 saturated carbocycles. The van der Waals surface area contributed by atoms with Crippen molar-refractivity contribution >= 4 is 34.1 Å². The van der Waals surface area contributed by atoms with E-state index in [0.29, 0.717) is 0 Å². The molecule has 15 rings (SSSR count). The van der Waals surface area contributed by atoms with Crippen molar-refractivity contribution in [2.45, 2.75) is 0 Å². The zero-order valence-corrected chi connectivity index (χ0v) is 28.1. The van der Waals surface area contributed by atoms with Crippen molar-refractivity contribution in [3.8, 4) is 44.5 Å². The van der Waals surface area contributed by atoms with Gasteiger partial charge in [-0.3, -0.25) is 0 Å². The summed E-state index contributed by atoms with van der Waals surface area (Å²) in [5.41, 5.74) is 14.4. The van der Waals surface area contributed by atoms with Crippen LogP contribution in [0, 0.1) is 11.6 Å². The third-order valence-corrected chi connectivity index (χ3v) is 9.77. The highest BCUT2D eigenvalue weighted by molar-refractivity contribution is 5.89. The second-order valence-corrected chi connectivity index (χ2v) is 12.9. The molecule has 2 nitrogen and oxygen atoms in total. The predicted octanol–water partition coefficient (Wildman–Crippen LogP) is 13.9. The standard InChI is InChI=1S/C48H32F2N2/c49-37-17-29-43(30-18-37)51-39-21-9-33(10-22-39)45-5-1-2-6-46(45)34-11-23-40(24-12-34)52(44-31-19-38(50)20-32-44)42-27-15-36(16-28-42)48-8-4-3-7-47(48)35-13-25-41(51)26-14-35/h1-32H. The maximum absolute atomic E-state index is 14.1. The fourth-order valence-electron chi connectivity index (χ4n) is 7.21. The van der Waals surface area contributed by atoms with Crippen LogP contribution in [0.5, 0.6) is 0 Å². The monoisotopic (exact) mass is 674 g/mol. The Morgan fingerprint density at radius 2 is 0.423 bits per heavy atom. The maximum atomic E-state index is 14.1. The van der Waals surface area contributed by atoms with Crippen LogP contribution >= 0.6 is 0 Å².